The van der Waals surface area contributed by atoms with Crippen molar-refractivity contribution in [3.63, 3.8) is 0 Å². The van der Waals surface area contributed by atoms with Gasteiger partial charge in [-0.15, -0.1) is 0 Å². The molecule has 0 heterocycles. The minimum atomic E-state index is 1.13. The third-order valence-electron chi connectivity index (χ3n) is 8.71. The first kappa shape index (κ1) is 26.0. The first-order valence-corrected chi connectivity index (χ1v) is 15.2. The molecule has 8 aromatic carbocycles. The quantitative estimate of drug-likeness (QED) is 0.189. The van der Waals surface area contributed by atoms with Crippen LogP contribution in [0.15, 0.2) is 170 Å². The number of anilines is 3. The lowest BCUT2D eigenvalue weighted by Gasteiger charge is -2.26. The fourth-order valence-corrected chi connectivity index (χ4v) is 6.49. The second-order valence-electron chi connectivity index (χ2n) is 11.5. The molecule has 8 rings (SSSR count). The van der Waals surface area contributed by atoms with Gasteiger partial charge in [-0.2, -0.15) is 0 Å². The summed E-state index contributed by atoms with van der Waals surface area (Å²) >= 11 is 0. The predicted octanol–water partition coefficient (Wildman–Crippen LogP) is 12.3. The third-order valence-corrected chi connectivity index (χ3v) is 8.71. The number of rotatable bonds is 5. The molecule has 0 spiro atoms. The normalized spacial score (nSPS) is 11.3. The van der Waals surface area contributed by atoms with E-state index in [1.54, 1.807) is 0 Å². The Bertz CT molecular complexity index is 2230. The standard InChI is InChI=1S/C43H31N/c1-30-18-20-31(21-19-30)32-22-25-36(26-23-32)44(35-11-3-2-4-12-35)37-13-9-10-33(28-37)34-24-27-42-40-16-6-5-14-38(40)39-15-7-8-17-41(39)43(42)29-34/h2-29H,1H3. The van der Waals surface area contributed by atoms with Crippen molar-refractivity contribution in [2.24, 2.45) is 0 Å². The van der Waals surface area contributed by atoms with E-state index in [-0.39, 0.29) is 0 Å². The van der Waals surface area contributed by atoms with E-state index in [4.69, 9.17) is 0 Å². The molecule has 0 amide bonds. The molecule has 0 aliphatic heterocycles. The topological polar surface area (TPSA) is 3.24 Å². The highest BCUT2D eigenvalue weighted by molar-refractivity contribution is 6.25. The lowest BCUT2D eigenvalue weighted by molar-refractivity contribution is 1.28. The molecule has 0 N–H and O–H groups in total. The number of benzene rings is 8. The molecule has 0 radical (unpaired) electrons. The SMILES string of the molecule is Cc1ccc(-c2ccc(N(c3ccccc3)c3cccc(-c4ccc5c6ccccc6c6ccccc6c5c4)c3)cc2)cc1. The van der Waals surface area contributed by atoms with Crippen molar-refractivity contribution in [2.75, 3.05) is 4.90 Å². The van der Waals surface area contributed by atoms with Crippen LogP contribution in [0.4, 0.5) is 17.1 Å². The smallest absolute Gasteiger partial charge is 0.0467 e. The summed E-state index contributed by atoms with van der Waals surface area (Å²) in [5.41, 5.74) is 9.50. The molecule has 0 aliphatic rings. The van der Waals surface area contributed by atoms with Crippen molar-refractivity contribution in [3.8, 4) is 22.3 Å². The van der Waals surface area contributed by atoms with Crippen LogP contribution < -0.4 is 4.90 Å². The van der Waals surface area contributed by atoms with Crippen LogP contribution in [-0.2, 0) is 0 Å². The number of hydrogen-bond acceptors (Lipinski definition) is 1. The maximum Gasteiger partial charge on any atom is 0.0467 e. The van der Waals surface area contributed by atoms with Gasteiger partial charge >= 0.3 is 0 Å². The van der Waals surface area contributed by atoms with Crippen LogP contribution in [0.2, 0.25) is 0 Å². The summed E-state index contributed by atoms with van der Waals surface area (Å²) in [6.07, 6.45) is 0. The molecule has 0 fully saturated rings. The lowest BCUT2D eigenvalue weighted by Crippen LogP contribution is -2.09. The van der Waals surface area contributed by atoms with Crippen molar-refractivity contribution in [1.29, 1.82) is 0 Å². The second kappa shape index (κ2) is 10.9. The van der Waals surface area contributed by atoms with Gasteiger partial charge < -0.3 is 4.90 Å². The number of para-hydroxylation sites is 1. The molecule has 1 heteroatoms. The van der Waals surface area contributed by atoms with Crippen LogP contribution in [0.5, 0.6) is 0 Å². The maximum atomic E-state index is 2.37. The van der Waals surface area contributed by atoms with Crippen molar-refractivity contribution in [3.05, 3.63) is 175 Å². The maximum absolute atomic E-state index is 2.37. The van der Waals surface area contributed by atoms with Gasteiger partial charge in [0.15, 0.2) is 0 Å². The van der Waals surface area contributed by atoms with Gasteiger partial charge in [-0.05, 0) is 104 Å². The number of hydrogen-bond donors (Lipinski definition) is 0. The highest BCUT2D eigenvalue weighted by atomic mass is 15.1. The lowest BCUT2D eigenvalue weighted by atomic mass is 9.92. The molecule has 208 valence electrons. The zero-order valence-corrected chi connectivity index (χ0v) is 24.6. The second-order valence-corrected chi connectivity index (χ2v) is 11.5. The number of aryl methyl sites for hydroxylation is 1. The van der Waals surface area contributed by atoms with E-state index < -0.39 is 0 Å². The van der Waals surface area contributed by atoms with Gasteiger partial charge in [0, 0.05) is 17.1 Å². The van der Waals surface area contributed by atoms with Crippen LogP contribution >= 0.6 is 0 Å². The molecular weight excluding hydrogens is 530 g/mol. The Labute approximate surface area is 258 Å². The van der Waals surface area contributed by atoms with Crippen molar-refractivity contribution < 1.29 is 0 Å². The third kappa shape index (κ3) is 4.60. The molecular formula is C43H31N. The summed E-state index contributed by atoms with van der Waals surface area (Å²) in [5, 5.41) is 7.76. The summed E-state index contributed by atoms with van der Waals surface area (Å²) in [6.45, 7) is 2.13. The Morgan fingerprint density at radius 3 is 1.39 bits per heavy atom. The molecule has 0 saturated carbocycles. The molecule has 0 unspecified atom stereocenters. The molecule has 44 heavy (non-hydrogen) atoms. The van der Waals surface area contributed by atoms with Crippen LogP contribution in [0.25, 0.3) is 54.6 Å². The van der Waals surface area contributed by atoms with Gasteiger partial charge in [0.05, 0.1) is 0 Å². The molecule has 0 bridgehead atoms. The Kier molecular flexibility index (Phi) is 6.43. The first-order chi connectivity index (χ1) is 21.7. The highest BCUT2D eigenvalue weighted by Crippen LogP contribution is 2.40. The van der Waals surface area contributed by atoms with Gasteiger partial charge in [-0.3, -0.25) is 0 Å². The van der Waals surface area contributed by atoms with E-state index in [2.05, 4.69) is 182 Å². The summed E-state index contributed by atoms with van der Waals surface area (Å²) in [6, 6.07) is 61.6. The number of fused-ring (bicyclic) bond motifs is 6. The van der Waals surface area contributed by atoms with Gasteiger partial charge in [0.25, 0.3) is 0 Å². The molecule has 0 aromatic heterocycles. The molecule has 8 aromatic rings. The van der Waals surface area contributed by atoms with Crippen LogP contribution in [-0.4, -0.2) is 0 Å². The zero-order valence-electron chi connectivity index (χ0n) is 24.6. The largest absolute Gasteiger partial charge is 0.310 e. The zero-order chi connectivity index (χ0) is 29.5. The minimum absolute atomic E-state index is 1.13. The molecule has 0 aliphatic carbocycles. The Morgan fingerprint density at radius 2 is 0.750 bits per heavy atom. The average Bonchev–Trinajstić information content (AvgIpc) is 3.10. The Morgan fingerprint density at radius 1 is 0.295 bits per heavy atom. The van der Waals surface area contributed by atoms with Gasteiger partial charge in [-0.1, -0.05) is 133 Å². The van der Waals surface area contributed by atoms with Gasteiger partial charge in [-0.25, -0.2) is 0 Å². The fraction of sp³-hybridized carbons (Fsp3) is 0.0233. The Hall–Kier alpha value is -5.66. The monoisotopic (exact) mass is 561 g/mol. The van der Waals surface area contributed by atoms with E-state index in [0.717, 1.165) is 17.1 Å². The van der Waals surface area contributed by atoms with Crippen LogP contribution in [0.3, 0.4) is 0 Å². The first-order valence-electron chi connectivity index (χ1n) is 15.2. The minimum Gasteiger partial charge on any atom is -0.310 e. The fourth-order valence-electron chi connectivity index (χ4n) is 6.49. The van der Waals surface area contributed by atoms with Crippen LogP contribution in [0, 0.1) is 6.92 Å². The van der Waals surface area contributed by atoms with Crippen molar-refractivity contribution >= 4 is 49.4 Å². The highest BCUT2D eigenvalue weighted by Gasteiger charge is 2.15. The van der Waals surface area contributed by atoms with Crippen LogP contribution in [0.1, 0.15) is 5.56 Å². The molecule has 1 nitrogen and oxygen atoms in total. The van der Waals surface area contributed by atoms with E-state index >= 15 is 0 Å². The average molecular weight is 562 g/mol. The molecule has 0 atom stereocenters. The van der Waals surface area contributed by atoms with E-state index in [1.807, 2.05) is 0 Å². The summed E-state index contributed by atoms with van der Waals surface area (Å²) in [5.74, 6) is 0. The summed E-state index contributed by atoms with van der Waals surface area (Å²) in [7, 11) is 0. The van der Waals surface area contributed by atoms with E-state index in [9.17, 15) is 0 Å². The van der Waals surface area contributed by atoms with Gasteiger partial charge in [0.2, 0.25) is 0 Å². The summed E-state index contributed by atoms with van der Waals surface area (Å²) < 4.78 is 0. The number of nitrogens with zero attached hydrogens (tertiary/aromatic N) is 1. The van der Waals surface area contributed by atoms with E-state index in [0.29, 0.717) is 0 Å². The molecule has 0 saturated heterocycles. The Balaban J connectivity index is 1.24. The van der Waals surface area contributed by atoms with Crippen molar-refractivity contribution in [1.82, 2.24) is 0 Å². The van der Waals surface area contributed by atoms with Gasteiger partial charge in [0.1, 0.15) is 0 Å². The van der Waals surface area contributed by atoms with Crippen molar-refractivity contribution in [2.45, 2.75) is 6.92 Å². The van der Waals surface area contributed by atoms with E-state index in [1.165, 1.54) is 60.1 Å². The predicted molar refractivity (Wildman–Crippen MR) is 189 cm³/mol. The summed E-state index contributed by atoms with van der Waals surface area (Å²) in [4.78, 5) is 2.34.